The molecule has 3 aromatic rings. The average molecular weight is 354 g/mol. The fourth-order valence-electron chi connectivity index (χ4n) is 2.98. The number of aromatic nitrogens is 4. The second kappa shape index (κ2) is 8.11. The summed E-state index contributed by atoms with van der Waals surface area (Å²) >= 11 is 0. The first kappa shape index (κ1) is 16.7. The molecule has 26 heavy (non-hydrogen) atoms. The topological polar surface area (TPSA) is 88.2 Å². The Hall–Kier alpha value is -2.71. The van der Waals surface area contributed by atoms with Crippen LogP contribution in [0.25, 0.3) is 11.2 Å². The number of H-pyrrole nitrogens is 1. The molecule has 1 aliphatic rings. The number of hydrogen-bond donors (Lipinski definition) is 2. The van der Waals surface area contributed by atoms with Gasteiger partial charge in [-0.2, -0.15) is 0 Å². The third kappa shape index (κ3) is 3.92. The highest BCUT2D eigenvalue weighted by Crippen LogP contribution is 2.21. The first-order chi connectivity index (χ1) is 12.9. The Labute approximate surface area is 151 Å². The summed E-state index contributed by atoms with van der Waals surface area (Å²) < 4.78 is 11.4. The highest BCUT2D eigenvalue weighted by atomic mass is 16.5. The molecule has 8 heteroatoms. The second-order valence-electron chi connectivity index (χ2n) is 6.09. The number of benzene rings is 1. The van der Waals surface area contributed by atoms with Gasteiger partial charge in [0, 0.05) is 31.7 Å². The van der Waals surface area contributed by atoms with Gasteiger partial charge in [0.25, 0.3) is 0 Å². The fourth-order valence-corrected chi connectivity index (χ4v) is 2.98. The molecule has 1 aromatic carbocycles. The van der Waals surface area contributed by atoms with E-state index < -0.39 is 0 Å². The molecule has 0 amide bonds. The largest absolute Gasteiger partial charge is 0.492 e. The monoisotopic (exact) mass is 354 g/mol. The van der Waals surface area contributed by atoms with Crippen LogP contribution in [0.2, 0.25) is 0 Å². The van der Waals surface area contributed by atoms with E-state index in [1.807, 2.05) is 18.2 Å². The van der Waals surface area contributed by atoms with E-state index in [1.165, 1.54) is 6.33 Å². The molecule has 1 aliphatic heterocycles. The van der Waals surface area contributed by atoms with Crippen LogP contribution in [0.5, 0.6) is 5.75 Å². The molecule has 8 nitrogen and oxygen atoms in total. The SMILES string of the molecule is c1ccc(OCCN2CCOCC2)c(CNc2ncnc3nc[nH]c23)c1. The lowest BCUT2D eigenvalue weighted by molar-refractivity contribution is 0.0322. The van der Waals surface area contributed by atoms with E-state index in [0.717, 1.165) is 55.5 Å². The number of hydrogen-bond acceptors (Lipinski definition) is 7. The number of para-hydroxylation sites is 1. The smallest absolute Gasteiger partial charge is 0.182 e. The summed E-state index contributed by atoms with van der Waals surface area (Å²) in [6.45, 7) is 5.74. The number of anilines is 1. The Bertz CT molecular complexity index is 846. The van der Waals surface area contributed by atoms with E-state index in [0.29, 0.717) is 18.8 Å². The maximum absolute atomic E-state index is 6.03. The molecule has 0 aliphatic carbocycles. The van der Waals surface area contributed by atoms with Crippen LogP contribution in [-0.4, -0.2) is 64.3 Å². The molecular formula is C18H22N6O2. The number of imidazole rings is 1. The molecule has 0 bridgehead atoms. The van der Waals surface area contributed by atoms with E-state index in [2.05, 4.69) is 36.2 Å². The normalized spacial score (nSPS) is 15.2. The molecule has 0 spiro atoms. The van der Waals surface area contributed by atoms with Crippen molar-refractivity contribution in [3.05, 3.63) is 42.5 Å². The molecule has 1 fully saturated rings. The standard InChI is InChI=1S/C18H22N6O2/c1-2-4-15(26-10-7-24-5-8-25-9-6-24)14(3-1)11-19-17-16-18(21-12-20-16)23-13-22-17/h1-4,12-13H,5-11H2,(H2,19,20,21,22,23). The Balaban J connectivity index is 1.37. The van der Waals surface area contributed by atoms with Gasteiger partial charge < -0.3 is 19.8 Å². The van der Waals surface area contributed by atoms with E-state index in [9.17, 15) is 0 Å². The molecule has 2 N–H and O–H groups in total. The first-order valence-electron chi connectivity index (χ1n) is 8.79. The molecular weight excluding hydrogens is 332 g/mol. The lowest BCUT2D eigenvalue weighted by Gasteiger charge is -2.26. The maximum Gasteiger partial charge on any atom is 0.182 e. The number of nitrogens with one attached hydrogen (secondary N) is 2. The lowest BCUT2D eigenvalue weighted by Crippen LogP contribution is -2.38. The fraction of sp³-hybridized carbons (Fsp3) is 0.389. The number of ether oxygens (including phenoxy) is 2. The number of morpholine rings is 1. The summed E-state index contributed by atoms with van der Waals surface area (Å²) in [4.78, 5) is 18.0. The summed E-state index contributed by atoms with van der Waals surface area (Å²) in [6, 6.07) is 8.06. The van der Waals surface area contributed by atoms with Crippen molar-refractivity contribution in [3.63, 3.8) is 0 Å². The average Bonchev–Trinajstić information content (AvgIpc) is 3.17. The third-order valence-corrected chi connectivity index (χ3v) is 4.41. The Morgan fingerprint density at radius 2 is 2.04 bits per heavy atom. The number of rotatable bonds is 7. The molecule has 2 aromatic heterocycles. The molecule has 3 heterocycles. The molecule has 4 rings (SSSR count). The zero-order valence-corrected chi connectivity index (χ0v) is 14.5. The van der Waals surface area contributed by atoms with E-state index in [-0.39, 0.29) is 0 Å². The van der Waals surface area contributed by atoms with Crippen molar-refractivity contribution in [2.45, 2.75) is 6.54 Å². The summed E-state index contributed by atoms with van der Waals surface area (Å²) in [5.41, 5.74) is 2.54. The molecule has 0 unspecified atom stereocenters. The highest BCUT2D eigenvalue weighted by molar-refractivity contribution is 5.81. The Morgan fingerprint density at radius 1 is 1.15 bits per heavy atom. The summed E-state index contributed by atoms with van der Waals surface area (Å²) in [5, 5.41) is 3.34. The van der Waals surface area contributed by atoms with E-state index in [1.54, 1.807) is 6.33 Å². The predicted molar refractivity (Wildman–Crippen MR) is 98.2 cm³/mol. The van der Waals surface area contributed by atoms with Crippen molar-refractivity contribution in [1.29, 1.82) is 0 Å². The Kier molecular flexibility index (Phi) is 5.22. The van der Waals surface area contributed by atoms with Crippen molar-refractivity contribution < 1.29 is 9.47 Å². The second-order valence-corrected chi connectivity index (χ2v) is 6.09. The van der Waals surface area contributed by atoms with Gasteiger partial charge in [0.1, 0.15) is 24.2 Å². The van der Waals surface area contributed by atoms with Crippen LogP contribution in [0.1, 0.15) is 5.56 Å². The van der Waals surface area contributed by atoms with Gasteiger partial charge in [-0.05, 0) is 6.07 Å². The van der Waals surface area contributed by atoms with Crippen LogP contribution < -0.4 is 10.1 Å². The molecule has 136 valence electrons. The summed E-state index contributed by atoms with van der Waals surface area (Å²) in [5.74, 6) is 1.62. The van der Waals surface area contributed by atoms with Crippen molar-refractivity contribution in [2.75, 3.05) is 44.8 Å². The lowest BCUT2D eigenvalue weighted by atomic mass is 10.2. The van der Waals surface area contributed by atoms with Crippen LogP contribution in [-0.2, 0) is 11.3 Å². The van der Waals surface area contributed by atoms with Crippen LogP contribution >= 0.6 is 0 Å². The molecule has 1 saturated heterocycles. The number of fused-ring (bicyclic) bond motifs is 1. The van der Waals surface area contributed by atoms with Gasteiger partial charge >= 0.3 is 0 Å². The van der Waals surface area contributed by atoms with Gasteiger partial charge in [-0.1, -0.05) is 18.2 Å². The first-order valence-corrected chi connectivity index (χ1v) is 8.79. The predicted octanol–water partition coefficient (Wildman–Crippen LogP) is 1.68. The third-order valence-electron chi connectivity index (χ3n) is 4.41. The minimum Gasteiger partial charge on any atom is -0.492 e. The van der Waals surface area contributed by atoms with E-state index >= 15 is 0 Å². The molecule has 0 saturated carbocycles. The van der Waals surface area contributed by atoms with Crippen LogP contribution in [0, 0.1) is 0 Å². The van der Waals surface area contributed by atoms with Crippen molar-refractivity contribution in [2.24, 2.45) is 0 Å². The summed E-state index contributed by atoms with van der Waals surface area (Å²) in [7, 11) is 0. The van der Waals surface area contributed by atoms with Gasteiger partial charge in [0.05, 0.1) is 19.5 Å². The van der Waals surface area contributed by atoms with Crippen molar-refractivity contribution in [1.82, 2.24) is 24.8 Å². The number of nitrogens with zero attached hydrogens (tertiary/aromatic N) is 4. The Morgan fingerprint density at radius 3 is 2.96 bits per heavy atom. The quantitative estimate of drug-likeness (QED) is 0.667. The van der Waals surface area contributed by atoms with Crippen molar-refractivity contribution in [3.8, 4) is 5.75 Å². The minimum atomic E-state index is 0.610. The van der Waals surface area contributed by atoms with Crippen molar-refractivity contribution >= 4 is 17.0 Å². The molecule has 0 radical (unpaired) electrons. The zero-order chi connectivity index (χ0) is 17.6. The van der Waals surface area contributed by atoms with Gasteiger partial charge in [-0.25, -0.2) is 15.0 Å². The summed E-state index contributed by atoms with van der Waals surface area (Å²) in [6.07, 6.45) is 3.13. The maximum atomic E-state index is 6.03. The van der Waals surface area contributed by atoms with Gasteiger partial charge in [-0.3, -0.25) is 4.90 Å². The van der Waals surface area contributed by atoms with Crippen LogP contribution in [0.4, 0.5) is 5.82 Å². The highest BCUT2D eigenvalue weighted by Gasteiger charge is 2.11. The van der Waals surface area contributed by atoms with Gasteiger partial charge in [0.2, 0.25) is 0 Å². The minimum absolute atomic E-state index is 0.610. The van der Waals surface area contributed by atoms with Gasteiger partial charge in [-0.15, -0.1) is 0 Å². The van der Waals surface area contributed by atoms with Gasteiger partial charge in [0.15, 0.2) is 11.5 Å². The molecule has 0 atom stereocenters. The van der Waals surface area contributed by atoms with Crippen LogP contribution in [0.3, 0.4) is 0 Å². The zero-order valence-electron chi connectivity index (χ0n) is 14.5. The van der Waals surface area contributed by atoms with Crippen LogP contribution in [0.15, 0.2) is 36.9 Å². The number of aromatic amines is 1. The van der Waals surface area contributed by atoms with E-state index in [4.69, 9.17) is 9.47 Å².